The lowest BCUT2D eigenvalue weighted by molar-refractivity contribution is 0.102. The Morgan fingerprint density at radius 3 is 2.65 bits per heavy atom. The van der Waals surface area contributed by atoms with E-state index in [0.29, 0.717) is 5.69 Å². The van der Waals surface area contributed by atoms with Crippen molar-refractivity contribution in [3.8, 4) is 6.07 Å². The van der Waals surface area contributed by atoms with Crippen molar-refractivity contribution in [2.75, 3.05) is 11.1 Å². The Bertz CT molecular complexity index is 723. The monoisotopic (exact) mass is 273 g/mol. The van der Waals surface area contributed by atoms with Crippen LogP contribution in [0.4, 0.5) is 20.2 Å². The minimum absolute atomic E-state index is 0.134. The molecule has 100 valence electrons. The Balaban J connectivity index is 2.33. The van der Waals surface area contributed by atoms with Crippen LogP contribution in [0.15, 0.2) is 36.4 Å². The molecule has 3 N–H and O–H groups in total. The zero-order valence-corrected chi connectivity index (χ0v) is 10.2. The molecule has 0 unspecified atom stereocenters. The summed E-state index contributed by atoms with van der Waals surface area (Å²) in [4.78, 5) is 11.9. The first-order chi connectivity index (χ1) is 9.51. The van der Waals surface area contributed by atoms with Crippen molar-refractivity contribution < 1.29 is 13.6 Å². The molecular weight excluding hydrogens is 264 g/mol. The summed E-state index contributed by atoms with van der Waals surface area (Å²) in [6.45, 7) is 0. The Morgan fingerprint density at radius 1 is 1.20 bits per heavy atom. The molecule has 0 atom stereocenters. The first kappa shape index (κ1) is 13.5. The van der Waals surface area contributed by atoms with Crippen LogP contribution in [0.2, 0.25) is 0 Å². The third-order valence-corrected chi connectivity index (χ3v) is 2.59. The van der Waals surface area contributed by atoms with E-state index in [4.69, 9.17) is 11.0 Å². The molecule has 0 spiro atoms. The maximum absolute atomic E-state index is 13.5. The van der Waals surface area contributed by atoms with Gasteiger partial charge in [0, 0.05) is 5.69 Å². The number of rotatable bonds is 2. The Morgan fingerprint density at radius 2 is 1.95 bits per heavy atom. The predicted octanol–water partition coefficient (Wildman–Crippen LogP) is 2.67. The van der Waals surface area contributed by atoms with Crippen LogP contribution in [0.3, 0.4) is 0 Å². The highest BCUT2D eigenvalue weighted by Crippen LogP contribution is 2.19. The molecule has 0 radical (unpaired) electrons. The van der Waals surface area contributed by atoms with Crippen LogP contribution in [0.5, 0.6) is 0 Å². The summed E-state index contributed by atoms with van der Waals surface area (Å²) in [5.41, 5.74) is 5.74. The second-order valence-electron chi connectivity index (χ2n) is 4.00. The number of nitriles is 1. The average Bonchev–Trinajstić information content (AvgIpc) is 2.43. The molecule has 2 rings (SSSR count). The van der Waals surface area contributed by atoms with Crippen molar-refractivity contribution >= 4 is 17.3 Å². The number of nitrogens with one attached hydrogen (secondary N) is 1. The number of nitrogens with two attached hydrogens (primary N) is 1. The van der Waals surface area contributed by atoms with Gasteiger partial charge in [0.1, 0.15) is 17.7 Å². The van der Waals surface area contributed by atoms with E-state index in [9.17, 15) is 13.6 Å². The molecule has 4 nitrogen and oxygen atoms in total. The van der Waals surface area contributed by atoms with Crippen molar-refractivity contribution in [3.05, 3.63) is 59.2 Å². The van der Waals surface area contributed by atoms with Gasteiger partial charge in [-0.25, -0.2) is 8.78 Å². The summed E-state index contributed by atoms with van der Waals surface area (Å²) in [6.07, 6.45) is 0. The zero-order valence-electron chi connectivity index (χ0n) is 10.2. The van der Waals surface area contributed by atoms with Crippen LogP contribution in [-0.2, 0) is 0 Å². The van der Waals surface area contributed by atoms with E-state index in [1.54, 1.807) is 0 Å². The van der Waals surface area contributed by atoms with Gasteiger partial charge in [0.15, 0.2) is 0 Å². The largest absolute Gasteiger partial charge is 0.399 e. The van der Waals surface area contributed by atoms with Gasteiger partial charge in [0.25, 0.3) is 5.91 Å². The minimum atomic E-state index is -0.849. The van der Waals surface area contributed by atoms with Crippen LogP contribution in [0, 0.1) is 23.0 Å². The van der Waals surface area contributed by atoms with Crippen molar-refractivity contribution in [3.63, 3.8) is 0 Å². The number of halogens is 2. The maximum Gasteiger partial charge on any atom is 0.258 e. The molecule has 0 fully saturated rings. The quantitative estimate of drug-likeness (QED) is 0.825. The van der Waals surface area contributed by atoms with E-state index in [1.165, 1.54) is 18.2 Å². The molecule has 0 saturated heterocycles. The molecule has 0 aliphatic carbocycles. The standard InChI is InChI=1S/C14H9F2N3O/c15-9-1-3-12(16)11(6-9)14(20)19-13-4-2-10(18)5-8(13)7-17/h1-6H,18H2,(H,19,20). The molecule has 0 bridgehead atoms. The highest BCUT2D eigenvalue weighted by molar-refractivity contribution is 6.05. The fraction of sp³-hybridized carbons (Fsp3) is 0. The van der Waals surface area contributed by atoms with E-state index < -0.39 is 23.1 Å². The van der Waals surface area contributed by atoms with Gasteiger partial charge < -0.3 is 11.1 Å². The number of amides is 1. The Kier molecular flexibility index (Phi) is 3.62. The number of nitrogen functional groups attached to an aromatic ring is 1. The van der Waals surface area contributed by atoms with Crippen molar-refractivity contribution in [2.45, 2.75) is 0 Å². The minimum Gasteiger partial charge on any atom is -0.399 e. The normalized spacial score (nSPS) is 9.85. The van der Waals surface area contributed by atoms with E-state index in [-0.39, 0.29) is 11.3 Å². The lowest BCUT2D eigenvalue weighted by Crippen LogP contribution is -2.15. The second-order valence-corrected chi connectivity index (χ2v) is 4.00. The number of anilines is 2. The molecule has 0 aliphatic heterocycles. The molecule has 0 heterocycles. The number of hydrogen-bond donors (Lipinski definition) is 2. The smallest absolute Gasteiger partial charge is 0.258 e. The first-order valence-corrected chi connectivity index (χ1v) is 5.57. The third kappa shape index (κ3) is 2.72. The SMILES string of the molecule is N#Cc1cc(N)ccc1NC(=O)c1cc(F)ccc1F. The maximum atomic E-state index is 13.5. The van der Waals surface area contributed by atoms with Gasteiger partial charge in [0.2, 0.25) is 0 Å². The molecular formula is C14H9F2N3O. The summed E-state index contributed by atoms with van der Waals surface area (Å²) < 4.78 is 26.5. The lowest BCUT2D eigenvalue weighted by atomic mass is 10.1. The molecule has 2 aromatic carbocycles. The van der Waals surface area contributed by atoms with Gasteiger partial charge in [-0.1, -0.05) is 0 Å². The van der Waals surface area contributed by atoms with Gasteiger partial charge in [-0.15, -0.1) is 0 Å². The number of benzene rings is 2. The van der Waals surface area contributed by atoms with Crippen LogP contribution >= 0.6 is 0 Å². The van der Waals surface area contributed by atoms with Gasteiger partial charge in [-0.05, 0) is 36.4 Å². The third-order valence-electron chi connectivity index (χ3n) is 2.59. The fourth-order valence-corrected chi connectivity index (χ4v) is 1.62. The summed E-state index contributed by atoms with van der Waals surface area (Å²) in [5.74, 6) is -2.42. The zero-order chi connectivity index (χ0) is 14.7. The summed E-state index contributed by atoms with van der Waals surface area (Å²) >= 11 is 0. The molecule has 0 aromatic heterocycles. The number of hydrogen-bond acceptors (Lipinski definition) is 3. The number of carbonyl (C=O) groups is 1. The van der Waals surface area contributed by atoms with E-state index in [2.05, 4.69) is 5.32 Å². The van der Waals surface area contributed by atoms with Gasteiger partial charge in [0.05, 0.1) is 16.8 Å². The van der Waals surface area contributed by atoms with Crippen LogP contribution in [0.25, 0.3) is 0 Å². The lowest BCUT2D eigenvalue weighted by Gasteiger charge is -2.08. The summed E-state index contributed by atoms with van der Waals surface area (Å²) in [6, 6.07) is 8.69. The Hall–Kier alpha value is -2.94. The molecule has 0 saturated carbocycles. The highest BCUT2D eigenvalue weighted by Gasteiger charge is 2.14. The van der Waals surface area contributed by atoms with E-state index in [0.717, 1.165) is 18.2 Å². The first-order valence-electron chi connectivity index (χ1n) is 5.57. The fourth-order valence-electron chi connectivity index (χ4n) is 1.62. The van der Waals surface area contributed by atoms with Crippen LogP contribution < -0.4 is 11.1 Å². The summed E-state index contributed by atoms with van der Waals surface area (Å²) in [5, 5.41) is 11.3. The van der Waals surface area contributed by atoms with Crippen LogP contribution in [-0.4, -0.2) is 5.91 Å². The number of carbonyl (C=O) groups excluding carboxylic acids is 1. The van der Waals surface area contributed by atoms with Gasteiger partial charge >= 0.3 is 0 Å². The molecule has 2 aromatic rings. The van der Waals surface area contributed by atoms with Gasteiger partial charge in [-0.2, -0.15) is 5.26 Å². The van der Waals surface area contributed by atoms with Crippen LogP contribution in [0.1, 0.15) is 15.9 Å². The second kappa shape index (κ2) is 5.36. The van der Waals surface area contributed by atoms with Crippen molar-refractivity contribution in [2.24, 2.45) is 0 Å². The van der Waals surface area contributed by atoms with E-state index >= 15 is 0 Å². The van der Waals surface area contributed by atoms with E-state index in [1.807, 2.05) is 6.07 Å². The topological polar surface area (TPSA) is 78.9 Å². The number of nitrogens with zero attached hydrogens (tertiary/aromatic N) is 1. The Labute approximate surface area is 113 Å². The molecule has 6 heteroatoms. The van der Waals surface area contributed by atoms with Crippen molar-refractivity contribution in [1.82, 2.24) is 0 Å². The molecule has 0 aliphatic rings. The van der Waals surface area contributed by atoms with Crippen molar-refractivity contribution in [1.29, 1.82) is 5.26 Å². The average molecular weight is 273 g/mol. The predicted molar refractivity (Wildman–Crippen MR) is 69.9 cm³/mol. The van der Waals surface area contributed by atoms with Gasteiger partial charge in [-0.3, -0.25) is 4.79 Å². The highest BCUT2D eigenvalue weighted by atomic mass is 19.1. The summed E-state index contributed by atoms with van der Waals surface area (Å²) in [7, 11) is 0. The molecule has 1 amide bonds. The molecule has 20 heavy (non-hydrogen) atoms.